The molecule has 1 aliphatic rings. The molecule has 1 saturated heterocycles. The van der Waals surface area contributed by atoms with Gasteiger partial charge in [-0.1, -0.05) is 45.5 Å². The predicted octanol–water partition coefficient (Wildman–Crippen LogP) is 3.70. The lowest BCUT2D eigenvalue weighted by Gasteiger charge is -2.30. The Morgan fingerprint density at radius 2 is 1.94 bits per heavy atom. The Labute approximate surface area is 107 Å². The van der Waals surface area contributed by atoms with Gasteiger partial charge in [-0.2, -0.15) is 0 Å². The Hall–Kier alpha value is -0.860. The third-order valence-electron chi connectivity index (χ3n) is 3.24. The molecule has 0 aromatic heterocycles. The third-order valence-corrected chi connectivity index (χ3v) is 3.24. The van der Waals surface area contributed by atoms with E-state index in [9.17, 15) is 0 Å². The molecular weight excluding hydrogens is 210 g/mol. The van der Waals surface area contributed by atoms with Crippen LogP contribution in [0.5, 0.6) is 0 Å². The number of hydrogen-bond acceptors (Lipinski definition) is 2. The van der Waals surface area contributed by atoms with Crippen molar-refractivity contribution in [3.63, 3.8) is 0 Å². The summed E-state index contributed by atoms with van der Waals surface area (Å²) >= 11 is 0. The highest BCUT2D eigenvalue weighted by Crippen LogP contribution is 2.23. The van der Waals surface area contributed by atoms with Crippen LogP contribution in [0, 0.1) is 0 Å². The maximum atomic E-state index is 5.79. The molecule has 1 aliphatic heterocycles. The van der Waals surface area contributed by atoms with E-state index >= 15 is 0 Å². The highest BCUT2D eigenvalue weighted by Gasteiger charge is 2.19. The molecule has 0 saturated carbocycles. The van der Waals surface area contributed by atoms with Crippen molar-refractivity contribution in [3.8, 4) is 0 Å². The summed E-state index contributed by atoms with van der Waals surface area (Å²) in [4.78, 5) is 2.32. The number of benzene rings is 1. The normalized spacial score (nSPS) is 21.3. The SMILES string of the molecule is C.CC(C)c1ccc(C2CN(C)CCO2)cc1.[HH]. The van der Waals surface area contributed by atoms with E-state index < -0.39 is 0 Å². The van der Waals surface area contributed by atoms with E-state index in [1.54, 1.807) is 0 Å². The Bertz CT molecular complexity index is 337. The topological polar surface area (TPSA) is 12.5 Å². The van der Waals surface area contributed by atoms with Crippen molar-refractivity contribution < 1.29 is 6.16 Å². The number of likely N-dealkylation sites (N-methyl/N-ethyl adjacent to an activating group) is 1. The Kier molecular flexibility index (Phi) is 5.16. The lowest BCUT2D eigenvalue weighted by molar-refractivity contribution is -0.0209. The highest BCUT2D eigenvalue weighted by atomic mass is 16.5. The molecule has 1 atom stereocenters. The average Bonchev–Trinajstić information content (AvgIpc) is 2.29. The van der Waals surface area contributed by atoms with Gasteiger partial charge in [0, 0.05) is 14.5 Å². The number of hydrogen-bond donors (Lipinski definition) is 0. The molecule has 1 unspecified atom stereocenters. The minimum Gasteiger partial charge on any atom is -0.371 e. The van der Waals surface area contributed by atoms with Gasteiger partial charge in [0.2, 0.25) is 0 Å². The van der Waals surface area contributed by atoms with Gasteiger partial charge in [0.05, 0.1) is 12.7 Å². The lowest BCUT2D eigenvalue weighted by Crippen LogP contribution is -2.35. The first kappa shape index (κ1) is 14.2. The fourth-order valence-electron chi connectivity index (χ4n) is 2.08. The fraction of sp³-hybridized carbons (Fsp3) is 0.600. The van der Waals surface area contributed by atoms with Crippen molar-refractivity contribution in [2.45, 2.75) is 33.3 Å². The van der Waals surface area contributed by atoms with Crippen molar-refractivity contribution in [3.05, 3.63) is 35.4 Å². The second-order valence-corrected chi connectivity index (χ2v) is 4.94. The molecule has 17 heavy (non-hydrogen) atoms. The zero-order valence-electron chi connectivity index (χ0n) is 10.4. The molecule has 2 heteroatoms. The van der Waals surface area contributed by atoms with Crippen LogP contribution in [-0.4, -0.2) is 31.6 Å². The molecule has 1 fully saturated rings. The van der Waals surface area contributed by atoms with E-state index in [1.807, 2.05) is 0 Å². The van der Waals surface area contributed by atoms with Crippen LogP contribution in [0.1, 0.15) is 45.8 Å². The van der Waals surface area contributed by atoms with Gasteiger partial charge in [-0.05, 0) is 24.1 Å². The van der Waals surface area contributed by atoms with Crippen LogP contribution >= 0.6 is 0 Å². The van der Waals surface area contributed by atoms with Crippen LogP contribution in [0.4, 0.5) is 0 Å². The first-order chi connectivity index (χ1) is 7.66. The zero-order chi connectivity index (χ0) is 11.5. The molecule has 0 aliphatic carbocycles. The quantitative estimate of drug-likeness (QED) is 0.777. The van der Waals surface area contributed by atoms with Gasteiger partial charge in [0.1, 0.15) is 0 Å². The highest BCUT2D eigenvalue weighted by molar-refractivity contribution is 5.26. The first-order valence-electron chi connectivity index (χ1n) is 6.07. The summed E-state index contributed by atoms with van der Waals surface area (Å²) in [6, 6.07) is 8.86. The molecule has 1 heterocycles. The minimum absolute atomic E-state index is 0. The maximum Gasteiger partial charge on any atom is 0.0952 e. The smallest absolute Gasteiger partial charge is 0.0952 e. The zero-order valence-corrected chi connectivity index (χ0v) is 10.4. The van der Waals surface area contributed by atoms with Crippen molar-refractivity contribution in [1.82, 2.24) is 4.90 Å². The Balaban J connectivity index is 0.00000144. The molecule has 1 aromatic rings. The average molecular weight is 237 g/mol. The van der Waals surface area contributed by atoms with Crippen LogP contribution in [0.25, 0.3) is 0 Å². The van der Waals surface area contributed by atoms with Crippen LogP contribution in [-0.2, 0) is 4.74 Å². The summed E-state index contributed by atoms with van der Waals surface area (Å²) in [6.45, 7) is 7.33. The molecule has 2 rings (SSSR count). The minimum atomic E-state index is 0. The molecule has 98 valence electrons. The molecule has 0 spiro atoms. The molecule has 2 nitrogen and oxygen atoms in total. The summed E-state index contributed by atoms with van der Waals surface area (Å²) in [5, 5.41) is 0. The van der Waals surface area contributed by atoms with E-state index in [0.717, 1.165) is 19.7 Å². The Morgan fingerprint density at radius 1 is 1.29 bits per heavy atom. The number of ether oxygens (including phenoxy) is 1. The van der Waals surface area contributed by atoms with Gasteiger partial charge >= 0.3 is 0 Å². The van der Waals surface area contributed by atoms with Crippen LogP contribution in [0.3, 0.4) is 0 Å². The second-order valence-electron chi connectivity index (χ2n) is 4.94. The monoisotopic (exact) mass is 237 g/mol. The van der Waals surface area contributed by atoms with Gasteiger partial charge in [-0.25, -0.2) is 0 Å². The maximum absolute atomic E-state index is 5.79. The summed E-state index contributed by atoms with van der Waals surface area (Å²) in [7, 11) is 2.15. The second kappa shape index (κ2) is 6.18. The number of morpholine rings is 1. The van der Waals surface area contributed by atoms with E-state index in [4.69, 9.17) is 4.74 Å². The predicted molar refractivity (Wildman–Crippen MR) is 75.6 cm³/mol. The van der Waals surface area contributed by atoms with Crippen LogP contribution in [0.15, 0.2) is 24.3 Å². The van der Waals surface area contributed by atoms with Gasteiger partial charge < -0.3 is 9.64 Å². The van der Waals surface area contributed by atoms with Crippen molar-refractivity contribution in [2.24, 2.45) is 0 Å². The largest absolute Gasteiger partial charge is 0.371 e. The van der Waals surface area contributed by atoms with Gasteiger partial charge in [-0.3, -0.25) is 0 Å². The van der Waals surface area contributed by atoms with Crippen LogP contribution < -0.4 is 0 Å². The summed E-state index contributed by atoms with van der Waals surface area (Å²) in [6.07, 6.45) is 0.250. The Morgan fingerprint density at radius 3 is 2.47 bits per heavy atom. The van der Waals surface area contributed by atoms with Crippen molar-refractivity contribution in [1.29, 1.82) is 0 Å². The van der Waals surface area contributed by atoms with E-state index in [1.165, 1.54) is 11.1 Å². The number of rotatable bonds is 2. The van der Waals surface area contributed by atoms with Crippen molar-refractivity contribution in [2.75, 3.05) is 26.7 Å². The van der Waals surface area contributed by atoms with E-state index in [2.05, 4.69) is 50.1 Å². The fourth-order valence-corrected chi connectivity index (χ4v) is 2.08. The molecule has 0 amide bonds. The molecule has 1 aromatic carbocycles. The molecule has 0 radical (unpaired) electrons. The van der Waals surface area contributed by atoms with Gasteiger partial charge in [0.15, 0.2) is 0 Å². The molecule has 0 bridgehead atoms. The third kappa shape index (κ3) is 3.55. The van der Waals surface area contributed by atoms with E-state index in [-0.39, 0.29) is 15.0 Å². The molecular formula is C15H27NO. The molecule has 0 N–H and O–H groups in total. The van der Waals surface area contributed by atoms with Gasteiger partial charge in [0.25, 0.3) is 0 Å². The summed E-state index contributed by atoms with van der Waals surface area (Å²) < 4.78 is 5.79. The standard InChI is InChI=1S/C14H21NO.CH4.H2/c1-11(2)12-4-6-13(7-5-12)14-10-15(3)8-9-16-14;;/h4-7,11,14H,8-10H2,1-3H3;1H4;1H. The van der Waals surface area contributed by atoms with E-state index in [0.29, 0.717) is 5.92 Å². The van der Waals surface area contributed by atoms with Crippen molar-refractivity contribution >= 4 is 0 Å². The number of nitrogens with zero attached hydrogens (tertiary/aromatic N) is 1. The van der Waals surface area contributed by atoms with Gasteiger partial charge in [-0.15, -0.1) is 0 Å². The lowest BCUT2D eigenvalue weighted by atomic mass is 9.99. The first-order valence-corrected chi connectivity index (χ1v) is 6.07. The summed E-state index contributed by atoms with van der Waals surface area (Å²) in [5.41, 5.74) is 2.70. The van der Waals surface area contributed by atoms with Crippen LogP contribution in [0.2, 0.25) is 0 Å². The summed E-state index contributed by atoms with van der Waals surface area (Å²) in [5.74, 6) is 0.601.